The Morgan fingerprint density at radius 1 is 1.00 bits per heavy atom. The fraction of sp³-hybridized carbons (Fsp3) is 0.200. The van der Waals surface area contributed by atoms with Crippen LogP contribution in [0.5, 0.6) is 0 Å². The van der Waals surface area contributed by atoms with Crippen molar-refractivity contribution in [2.75, 3.05) is 22.7 Å². The molecule has 0 saturated carbocycles. The number of benzene rings is 3. The lowest BCUT2D eigenvalue weighted by molar-refractivity contribution is -0.120. The molecule has 1 aliphatic heterocycles. The molecule has 11 heteroatoms. The van der Waals surface area contributed by atoms with Crippen molar-refractivity contribution in [3.63, 3.8) is 0 Å². The molecule has 1 atom stereocenters. The van der Waals surface area contributed by atoms with Crippen LogP contribution in [0.15, 0.2) is 71.6 Å². The van der Waals surface area contributed by atoms with Gasteiger partial charge in [0.15, 0.2) is 5.54 Å². The molecule has 0 radical (unpaired) electrons. The molecule has 0 aliphatic carbocycles. The van der Waals surface area contributed by atoms with Crippen molar-refractivity contribution in [3.8, 4) is 0 Å². The fourth-order valence-electron chi connectivity index (χ4n) is 4.15. The van der Waals surface area contributed by atoms with Gasteiger partial charge in [-0.05, 0) is 55.8 Å². The number of urea groups is 1. The summed E-state index contributed by atoms with van der Waals surface area (Å²) >= 11 is 12.4. The standard InChI is InChI=1S/C25H24Cl2N4O4S/c1-3-30(4-2)24(33)29-17-10-12-18(13-11-17)36(34,35)31-22-15-21(27)20(26)14-19(22)25(28,23(31)32)16-8-6-5-7-9-16/h5-15H,3-4,28H2,1-2H3,(H,29,33). The van der Waals surface area contributed by atoms with E-state index in [1.54, 1.807) is 35.2 Å². The van der Waals surface area contributed by atoms with Gasteiger partial charge < -0.3 is 16.0 Å². The molecule has 0 spiro atoms. The van der Waals surface area contributed by atoms with Crippen LogP contribution in [-0.2, 0) is 20.4 Å². The van der Waals surface area contributed by atoms with Gasteiger partial charge in [0, 0.05) is 24.3 Å². The number of sulfonamides is 1. The predicted octanol–water partition coefficient (Wildman–Crippen LogP) is 4.80. The third kappa shape index (κ3) is 4.22. The van der Waals surface area contributed by atoms with Crippen molar-refractivity contribution in [3.05, 3.63) is 87.9 Å². The lowest BCUT2D eigenvalue weighted by atomic mass is 9.85. The van der Waals surface area contributed by atoms with Crippen LogP contribution >= 0.6 is 23.2 Å². The van der Waals surface area contributed by atoms with Gasteiger partial charge in [-0.3, -0.25) is 4.79 Å². The molecule has 3 aromatic carbocycles. The van der Waals surface area contributed by atoms with Crippen LogP contribution in [0.3, 0.4) is 0 Å². The number of nitrogens with zero attached hydrogens (tertiary/aromatic N) is 2. The van der Waals surface area contributed by atoms with E-state index < -0.39 is 21.5 Å². The van der Waals surface area contributed by atoms with Gasteiger partial charge in [-0.15, -0.1) is 0 Å². The maximum absolute atomic E-state index is 13.8. The summed E-state index contributed by atoms with van der Waals surface area (Å²) in [6.45, 7) is 4.77. The largest absolute Gasteiger partial charge is 0.325 e. The summed E-state index contributed by atoms with van der Waals surface area (Å²) in [4.78, 5) is 27.5. The highest BCUT2D eigenvalue weighted by atomic mass is 35.5. The van der Waals surface area contributed by atoms with E-state index in [1.807, 2.05) is 13.8 Å². The van der Waals surface area contributed by atoms with Gasteiger partial charge >= 0.3 is 6.03 Å². The van der Waals surface area contributed by atoms with Crippen LogP contribution in [0.25, 0.3) is 0 Å². The molecule has 188 valence electrons. The second-order valence-electron chi connectivity index (χ2n) is 8.16. The number of halogens is 2. The molecule has 3 N–H and O–H groups in total. The number of amides is 3. The highest BCUT2D eigenvalue weighted by Crippen LogP contribution is 2.48. The lowest BCUT2D eigenvalue weighted by Crippen LogP contribution is -2.49. The van der Waals surface area contributed by atoms with Gasteiger partial charge in [0.2, 0.25) is 0 Å². The third-order valence-corrected chi connectivity index (χ3v) is 8.56. The van der Waals surface area contributed by atoms with Crippen LogP contribution in [0.2, 0.25) is 10.0 Å². The molecule has 0 saturated heterocycles. The Morgan fingerprint density at radius 2 is 1.58 bits per heavy atom. The number of nitrogens with two attached hydrogens (primary N) is 1. The number of carbonyl (C=O) groups is 2. The predicted molar refractivity (Wildman–Crippen MR) is 141 cm³/mol. The molecule has 0 bridgehead atoms. The van der Waals surface area contributed by atoms with Crippen molar-refractivity contribution in [1.82, 2.24) is 4.90 Å². The number of hydrogen-bond donors (Lipinski definition) is 2. The Morgan fingerprint density at radius 3 is 2.17 bits per heavy atom. The van der Waals surface area contributed by atoms with E-state index in [2.05, 4.69) is 5.32 Å². The van der Waals surface area contributed by atoms with Crippen LogP contribution in [0.1, 0.15) is 25.0 Å². The minimum atomic E-state index is -4.40. The molecule has 3 amide bonds. The number of nitrogens with one attached hydrogen (secondary N) is 1. The summed E-state index contributed by atoms with van der Waals surface area (Å²) < 4.78 is 28.1. The van der Waals surface area contributed by atoms with E-state index in [-0.39, 0.29) is 32.2 Å². The lowest BCUT2D eigenvalue weighted by Gasteiger charge is -2.24. The van der Waals surface area contributed by atoms with Crippen LogP contribution in [0.4, 0.5) is 16.2 Å². The van der Waals surface area contributed by atoms with Crippen molar-refractivity contribution < 1.29 is 18.0 Å². The van der Waals surface area contributed by atoms with E-state index >= 15 is 0 Å². The highest BCUT2D eigenvalue weighted by Gasteiger charge is 2.54. The van der Waals surface area contributed by atoms with Gasteiger partial charge in [-0.1, -0.05) is 53.5 Å². The molecule has 1 heterocycles. The number of anilines is 2. The normalized spacial score (nSPS) is 17.1. The number of carbonyl (C=O) groups excluding carboxylic acids is 2. The van der Waals surface area contributed by atoms with Crippen LogP contribution < -0.4 is 15.4 Å². The first-order chi connectivity index (χ1) is 17.0. The topological polar surface area (TPSA) is 113 Å². The van der Waals surface area contributed by atoms with Crippen LogP contribution in [0, 0.1) is 0 Å². The molecule has 8 nitrogen and oxygen atoms in total. The van der Waals surface area contributed by atoms with Crippen molar-refractivity contribution in [1.29, 1.82) is 0 Å². The van der Waals surface area contributed by atoms with Gasteiger partial charge in [-0.2, -0.15) is 0 Å². The van der Waals surface area contributed by atoms with Crippen LogP contribution in [-0.4, -0.2) is 38.3 Å². The number of hydrogen-bond acceptors (Lipinski definition) is 5. The molecule has 0 fully saturated rings. The molecular weight excluding hydrogens is 523 g/mol. The van der Waals surface area contributed by atoms with E-state index in [0.29, 0.717) is 28.6 Å². The molecule has 36 heavy (non-hydrogen) atoms. The summed E-state index contributed by atoms with van der Waals surface area (Å²) in [7, 11) is -4.40. The van der Waals surface area contributed by atoms with Crippen molar-refractivity contribution in [2.45, 2.75) is 24.3 Å². The Hall–Kier alpha value is -3.11. The fourth-order valence-corrected chi connectivity index (χ4v) is 5.94. The third-order valence-electron chi connectivity index (χ3n) is 6.13. The number of rotatable bonds is 6. The second-order valence-corrected chi connectivity index (χ2v) is 10.8. The molecule has 3 aromatic rings. The quantitative estimate of drug-likeness (QED) is 0.460. The van der Waals surface area contributed by atoms with E-state index in [1.165, 1.54) is 36.4 Å². The van der Waals surface area contributed by atoms with E-state index in [0.717, 1.165) is 0 Å². The van der Waals surface area contributed by atoms with E-state index in [4.69, 9.17) is 28.9 Å². The Kier molecular flexibility index (Phi) is 7.03. The monoisotopic (exact) mass is 546 g/mol. The van der Waals surface area contributed by atoms with Gasteiger partial charge in [-0.25, -0.2) is 17.5 Å². The molecular formula is C25H24Cl2N4O4S. The van der Waals surface area contributed by atoms with Crippen molar-refractivity contribution >= 4 is 56.5 Å². The Balaban J connectivity index is 1.76. The van der Waals surface area contributed by atoms with E-state index in [9.17, 15) is 18.0 Å². The highest BCUT2D eigenvalue weighted by molar-refractivity contribution is 7.93. The van der Waals surface area contributed by atoms with Gasteiger partial charge in [0.05, 0.1) is 20.6 Å². The minimum Gasteiger partial charge on any atom is -0.325 e. The Bertz CT molecular complexity index is 1430. The average molecular weight is 547 g/mol. The zero-order valence-electron chi connectivity index (χ0n) is 19.5. The maximum Gasteiger partial charge on any atom is 0.321 e. The molecule has 0 aromatic heterocycles. The molecule has 1 unspecified atom stereocenters. The summed E-state index contributed by atoms with van der Waals surface area (Å²) in [6, 6.07) is 16.5. The summed E-state index contributed by atoms with van der Waals surface area (Å²) in [6.07, 6.45) is 0. The summed E-state index contributed by atoms with van der Waals surface area (Å²) in [5, 5.41) is 2.94. The zero-order valence-corrected chi connectivity index (χ0v) is 21.9. The van der Waals surface area contributed by atoms with Gasteiger partial charge in [0.1, 0.15) is 0 Å². The van der Waals surface area contributed by atoms with Gasteiger partial charge in [0.25, 0.3) is 15.9 Å². The number of fused-ring (bicyclic) bond motifs is 1. The van der Waals surface area contributed by atoms with Crippen molar-refractivity contribution in [2.24, 2.45) is 5.73 Å². The molecule has 1 aliphatic rings. The first kappa shape index (κ1) is 26.0. The first-order valence-electron chi connectivity index (χ1n) is 11.1. The first-order valence-corrected chi connectivity index (χ1v) is 13.3. The zero-order chi connectivity index (χ0) is 26.3. The average Bonchev–Trinajstić information content (AvgIpc) is 3.08. The minimum absolute atomic E-state index is 0.0275. The summed E-state index contributed by atoms with van der Waals surface area (Å²) in [5.41, 5.74) is 5.91. The second kappa shape index (κ2) is 9.74. The molecule has 4 rings (SSSR count). The smallest absolute Gasteiger partial charge is 0.321 e. The maximum atomic E-state index is 13.8. The SMILES string of the molecule is CCN(CC)C(=O)Nc1ccc(S(=O)(=O)N2C(=O)C(N)(c3ccccc3)c3cc(Cl)c(Cl)cc32)cc1. The Labute approximate surface area is 219 Å². The summed E-state index contributed by atoms with van der Waals surface area (Å²) in [5.74, 6) is -0.860.